The Morgan fingerprint density at radius 1 is 1.38 bits per heavy atom. The summed E-state index contributed by atoms with van der Waals surface area (Å²) in [5, 5.41) is 1.24. The number of carbonyl (C=O) groups is 1. The quantitative estimate of drug-likeness (QED) is 0.842. The highest BCUT2D eigenvalue weighted by molar-refractivity contribution is 7.94. The second kappa shape index (κ2) is 5.30. The van der Waals surface area contributed by atoms with Gasteiger partial charge < -0.3 is 4.90 Å². The molecule has 1 aromatic rings. The lowest BCUT2D eigenvalue weighted by Crippen LogP contribution is -2.37. The SMILES string of the molecule is Cc1cccc2c1N(C(=O)CC1C=CS(=O)(=O)C1)CCC2. The first-order valence-corrected chi connectivity index (χ1v) is 8.97. The van der Waals surface area contributed by atoms with Gasteiger partial charge in [0.1, 0.15) is 0 Å². The molecule has 1 unspecified atom stereocenters. The monoisotopic (exact) mass is 305 g/mol. The number of amides is 1. The van der Waals surface area contributed by atoms with Gasteiger partial charge in [-0.3, -0.25) is 4.79 Å². The molecule has 2 aliphatic rings. The molecule has 0 saturated carbocycles. The first-order valence-electron chi connectivity index (χ1n) is 7.26. The number of anilines is 1. The van der Waals surface area contributed by atoms with Crippen LogP contribution < -0.4 is 4.90 Å². The van der Waals surface area contributed by atoms with E-state index in [1.807, 2.05) is 24.0 Å². The van der Waals surface area contributed by atoms with Crippen LogP contribution in [0, 0.1) is 12.8 Å². The van der Waals surface area contributed by atoms with Crippen molar-refractivity contribution >= 4 is 21.4 Å². The van der Waals surface area contributed by atoms with Crippen LogP contribution in [-0.2, 0) is 21.1 Å². The molecule has 112 valence electrons. The van der Waals surface area contributed by atoms with E-state index in [9.17, 15) is 13.2 Å². The van der Waals surface area contributed by atoms with Gasteiger partial charge in [-0.1, -0.05) is 24.3 Å². The highest BCUT2D eigenvalue weighted by Crippen LogP contribution is 2.32. The number of carbonyl (C=O) groups excluding carboxylic acids is 1. The summed E-state index contributed by atoms with van der Waals surface area (Å²) in [6, 6.07) is 6.11. The van der Waals surface area contributed by atoms with Crippen molar-refractivity contribution in [2.75, 3.05) is 17.2 Å². The van der Waals surface area contributed by atoms with Crippen molar-refractivity contribution in [3.05, 3.63) is 40.8 Å². The minimum atomic E-state index is -3.09. The van der Waals surface area contributed by atoms with Crippen molar-refractivity contribution < 1.29 is 13.2 Å². The van der Waals surface area contributed by atoms with Crippen molar-refractivity contribution in [1.29, 1.82) is 0 Å². The maximum atomic E-state index is 12.6. The fourth-order valence-corrected chi connectivity index (χ4v) is 4.60. The number of para-hydroxylation sites is 1. The molecule has 2 aliphatic heterocycles. The molecular formula is C16H19NO3S. The van der Waals surface area contributed by atoms with Crippen molar-refractivity contribution in [1.82, 2.24) is 0 Å². The van der Waals surface area contributed by atoms with Crippen molar-refractivity contribution in [2.24, 2.45) is 5.92 Å². The molecule has 4 nitrogen and oxygen atoms in total. The topological polar surface area (TPSA) is 54.5 Å². The molecule has 21 heavy (non-hydrogen) atoms. The lowest BCUT2D eigenvalue weighted by molar-refractivity contribution is -0.119. The van der Waals surface area contributed by atoms with Crippen LogP contribution in [0.3, 0.4) is 0 Å². The number of benzene rings is 1. The molecule has 0 N–H and O–H groups in total. The maximum Gasteiger partial charge on any atom is 0.227 e. The highest BCUT2D eigenvalue weighted by Gasteiger charge is 2.29. The fourth-order valence-electron chi connectivity index (χ4n) is 3.20. The highest BCUT2D eigenvalue weighted by atomic mass is 32.2. The number of hydrogen-bond acceptors (Lipinski definition) is 3. The Kier molecular flexibility index (Phi) is 3.61. The van der Waals surface area contributed by atoms with E-state index >= 15 is 0 Å². The van der Waals surface area contributed by atoms with E-state index in [0.717, 1.165) is 30.6 Å². The smallest absolute Gasteiger partial charge is 0.227 e. The van der Waals surface area contributed by atoms with Crippen LogP contribution in [0.2, 0.25) is 0 Å². The van der Waals surface area contributed by atoms with E-state index < -0.39 is 9.84 Å². The molecule has 1 atom stereocenters. The Hall–Kier alpha value is -1.62. The standard InChI is InChI=1S/C16H19NO3S/c1-12-4-2-5-14-6-3-8-17(16(12)14)15(18)10-13-7-9-21(19,20)11-13/h2,4-5,7,9,13H,3,6,8,10-11H2,1H3. The predicted octanol–water partition coefficient (Wildman–Crippen LogP) is 2.22. The van der Waals surface area contributed by atoms with E-state index in [1.165, 1.54) is 11.0 Å². The summed E-state index contributed by atoms with van der Waals surface area (Å²) in [4.78, 5) is 14.4. The summed E-state index contributed by atoms with van der Waals surface area (Å²) in [5.74, 6) is -0.0957. The zero-order valence-corrected chi connectivity index (χ0v) is 12.9. The number of rotatable bonds is 2. The van der Waals surface area contributed by atoms with E-state index in [4.69, 9.17) is 0 Å². The largest absolute Gasteiger partial charge is 0.312 e. The fraction of sp³-hybridized carbons (Fsp3) is 0.438. The van der Waals surface area contributed by atoms with Crippen LogP contribution in [0.25, 0.3) is 0 Å². The molecule has 0 fully saturated rings. The summed E-state index contributed by atoms with van der Waals surface area (Å²) in [5.41, 5.74) is 3.35. The second-order valence-electron chi connectivity index (χ2n) is 5.85. The Morgan fingerprint density at radius 2 is 2.19 bits per heavy atom. The number of nitrogens with zero attached hydrogens (tertiary/aromatic N) is 1. The number of hydrogen-bond donors (Lipinski definition) is 0. The summed E-state index contributed by atoms with van der Waals surface area (Å²) in [7, 11) is -3.09. The number of fused-ring (bicyclic) bond motifs is 1. The van der Waals surface area contributed by atoms with Gasteiger partial charge in [-0.2, -0.15) is 0 Å². The molecule has 0 radical (unpaired) electrons. The van der Waals surface area contributed by atoms with E-state index in [0.29, 0.717) is 0 Å². The first-order chi connectivity index (χ1) is 9.96. The van der Waals surface area contributed by atoms with Crippen LogP contribution in [-0.4, -0.2) is 26.6 Å². The van der Waals surface area contributed by atoms with Gasteiger partial charge in [-0.25, -0.2) is 8.42 Å². The molecule has 0 aromatic heterocycles. The van der Waals surface area contributed by atoms with Gasteiger partial charge in [0.2, 0.25) is 5.91 Å². The van der Waals surface area contributed by atoms with Gasteiger partial charge in [0.15, 0.2) is 9.84 Å². The summed E-state index contributed by atoms with van der Waals surface area (Å²) >= 11 is 0. The van der Waals surface area contributed by atoms with Gasteiger partial charge in [-0.15, -0.1) is 0 Å². The summed E-state index contributed by atoms with van der Waals surface area (Å²) < 4.78 is 22.9. The Bertz CT molecular complexity index is 706. The zero-order valence-electron chi connectivity index (χ0n) is 12.1. The van der Waals surface area contributed by atoms with Crippen molar-refractivity contribution in [3.63, 3.8) is 0 Å². The lowest BCUT2D eigenvalue weighted by atomic mass is 9.97. The number of allylic oxidation sites excluding steroid dienone is 1. The molecule has 1 amide bonds. The van der Waals surface area contributed by atoms with Gasteiger partial charge in [-0.05, 0) is 30.9 Å². The van der Waals surface area contributed by atoms with Gasteiger partial charge in [0, 0.05) is 30.0 Å². The molecule has 1 aromatic carbocycles. The Morgan fingerprint density at radius 3 is 2.90 bits per heavy atom. The Labute approximate surface area is 125 Å². The van der Waals surface area contributed by atoms with E-state index in [2.05, 4.69) is 6.07 Å². The van der Waals surface area contributed by atoms with Gasteiger partial charge in [0.05, 0.1) is 5.75 Å². The normalized spacial score (nSPS) is 23.1. The Balaban J connectivity index is 1.80. The minimum Gasteiger partial charge on any atom is -0.312 e. The first kappa shape index (κ1) is 14.3. The van der Waals surface area contributed by atoms with E-state index in [1.54, 1.807) is 6.08 Å². The molecule has 0 bridgehead atoms. The molecule has 3 rings (SSSR count). The molecule has 2 heterocycles. The third kappa shape index (κ3) is 2.88. The van der Waals surface area contributed by atoms with E-state index in [-0.39, 0.29) is 24.0 Å². The maximum absolute atomic E-state index is 12.6. The summed E-state index contributed by atoms with van der Waals surface area (Å²) in [6.45, 7) is 2.74. The molecule has 0 spiro atoms. The molecule has 0 saturated heterocycles. The van der Waals surface area contributed by atoms with Gasteiger partial charge >= 0.3 is 0 Å². The van der Waals surface area contributed by atoms with Crippen LogP contribution in [0.1, 0.15) is 24.0 Å². The lowest BCUT2D eigenvalue weighted by Gasteiger charge is -2.31. The average molecular weight is 305 g/mol. The zero-order chi connectivity index (χ0) is 15.0. The van der Waals surface area contributed by atoms with Crippen LogP contribution in [0.15, 0.2) is 29.7 Å². The third-order valence-corrected chi connectivity index (χ3v) is 5.63. The van der Waals surface area contributed by atoms with Crippen LogP contribution in [0.5, 0.6) is 0 Å². The summed E-state index contributed by atoms with van der Waals surface area (Å²) in [6.07, 6.45) is 3.87. The minimum absolute atomic E-state index is 0.0250. The molecule has 0 aliphatic carbocycles. The average Bonchev–Trinajstić information content (AvgIpc) is 2.77. The number of sulfone groups is 1. The van der Waals surface area contributed by atoms with Crippen LogP contribution in [0.4, 0.5) is 5.69 Å². The molecule has 5 heteroatoms. The predicted molar refractivity (Wildman–Crippen MR) is 82.9 cm³/mol. The van der Waals surface area contributed by atoms with Crippen molar-refractivity contribution in [3.8, 4) is 0 Å². The second-order valence-corrected chi connectivity index (χ2v) is 7.79. The van der Waals surface area contributed by atoms with Crippen molar-refractivity contribution in [2.45, 2.75) is 26.2 Å². The number of aryl methyl sites for hydroxylation is 2. The third-order valence-electron chi connectivity index (χ3n) is 4.16. The van der Waals surface area contributed by atoms with Crippen LogP contribution >= 0.6 is 0 Å². The van der Waals surface area contributed by atoms with Gasteiger partial charge in [0.25, 0.3) is 0 Å². The molecular weight excluding hydrogens is 286 g/mol.